The van der Waals surface area contributed by atoms with Crippen molar-refractivity contribution in [2.75, 3.05) is 11.4 Å². The maximum absolute atomic E-state index is 6.01. The van der Waals surface area contributed by atoms with Crippen LogP contribution in [0.4, 0.5) is 5.69 Å². The van der Waals surface area contributed by atoms with Crippen LogP contribution in [-0.2, 0) is 6.54 Å². The third-order valence-corrected chi connectivity index (χ3v) is 3.21. The number of hydrogen-bond donors (Lipinski definition) is 1. The van der Waals surface area contributed by atoms with Gasteiger partial charge >= 0.3 is 0 Å². The molecular formula is C16H16N2. The van der Waals surface area contributed by atoms with Crippen molar-refractivity contribution in [1.29, 1.82) is 0 Å². The largest absolute Gasteiger partial charge is 0.401 e. The van der Waals surface area contributed by atoms with Gasteiger partial charge in [0.1, 0.15) is 0 Å². The molecule has 2 aromatic rings. The molecule has 0 spiro atoms. The van der Waals surface area contributed by atoms with E-state index in [1.807, 2.05) is 6.07 Å². The Morgan fingerprint density at radius 1 is 0.944 bits per heavy atom. The first-order valence-corrected chi connectivity index (χ1v) is 6.17. The van der Waals surface area contributed by atoms with E-state index < -0.39 is 0 Å². The van der Waals surface area contributed by atoms with E-state index in [-0.39, 0.29) is 0 Å². The molecule has 0 saturated heterocycles. The van der Waals surface area contributed by atoms with Gasteiger partial charge in [-0.1, -0.05) is 48.5 Å². The number of anilines is 1. The fraction of sp³-hybridized carbons (Fsp3) is 0.125. The molecule has 0 aliphatic carbocycles. The second-order valence-electron chi connectivity index (χ2n) is 4.62. The lowest BCUT2D eigenvalue weighted by Crippen LogP contribution is -2.30. The summed E-state index contributed by atoms with van der Waals surface area (Å²) in [6, 6.07) is 18.9. The van der Waals surface area contributed by atoms with Gasteiger partial charge in [0.15, 0.2) is 0 Å². The SMILES string of the molecule is NC1=Cc2ccccc2N(Cc2ccccc2)C1. The van der Waals surface area contributed by atoms with Crippen molar-refractivity contribution in [2.45, 2.75) is 6.54 Å². The van der Waals surface area contributed by atoms with E-state index in [4.69, 9.17) is 5.73 Å². The van der Waals surface area contributed by atoms with Gasteiger partial charge in [0.2, 0.25) is 0 Å². The highest BCUT2D eigenvalue weighted by Gasteiger charge is 2.15. The van der Waals surface area contributed by atoms with Crippen molar-refractivity contribution < 1.29 is 0 Å². The van der Waals surface area contributed by atoms with Crippen LogP contribution < -0.4 is 10.6 Å². The number of nitrogens with two attached hydrogens (primary N) is 1. The van der Waals surface area contributed by atoms with E-state index >= 15 is 0 Å². The van der Waals surface area contributed by atoms with Crippen molar-refractivity contribution in [1.82, 2.24) is 0 Å². The molecule has 3 rings (SSSR count). The maximum atomic E-state index is 6.01. The van der Waals surface area contributed by atoms with Gasteiger partial charge < -0.3 is 10.6 Å². The fourth-order valence-electron chi connectivity index (χ4n) is 2.39. The Hall–Kier alpha value is -2.22. The van der Waals surface area contributed by atoms with E-state index in [2.05, 4.69) is 59.5 Å². The minimum absolute atomic E-state index is 0.798. The Bertz CT molecular complexity index is 573. The number of benzene rings is 2. The Morgan fingerprint density at radius 3 is 2.50 bits per heavy atom. The monoisotopic (exact) mass is 236 g/mol. The van der Waals surface area contributed by atoms with Crippen molar-refractivity contribution >= 4 is 11.8 Å². The molecule has 1 aliphatic heterocycles. The summed E-state index contributed by atoms with van der Waals surface area (Å²) < 4.78 is 0. The minimum atomic E-state index is 0.798. The van der Waals surface area contributed by atoms with Crippen LogP contribution in [0.1, 0.15) is 11.1 Å². The van der Waals surface area contributed by atoms with E-state index in [1.165, 1.54) is 16.8 Å². The highest BCUT2D eigenvalue weighted by atomic mass is 15.1. The predicted molar refractivity (Wildman–Crippen MR) is 76.1 cm³/mol. The van der Waals surface area contributed by atoms with Crippen LogP contribution in [-0.4, -0.2) is 6.54 Å². The molecule has 1 aliphatic rings. The number of para-hydroxylation sites is 1. The van der Waals surface area contributed by atoms with Crippen LogP contribution in [0.25, 0.3) is 6.08 Å². The van der Waals surface area contributed by atoms with Gasteiger partial charge in [-0.15, -0.1) is 0 Å². The summed E-state index contributed by atoms with van der Waals surface area (Å²) >= 11 is 0. The van der Waals surface area contributed by atoms with Crippen molar-refractivity contribution in [3.63, 3.8) is 0 Å². The van der Waals surface area contributed by atoms with Crippen LogP contribution in [0, 0.1) is 0 Å². The third kappa shape index (κ3) is 2.09. The topological polar surface area (TPSA) is 29.3 Å². The first-order chi connectivity index (χ1) is 8.83. The Balaban J connectivity index is 1.92. The van der Waals surface area contributed by atoms with E-state index in [1.54, 1.807) is 0 Å². The molecule has 2 nitrogen and oxygen atoms in total. The number of fused-ring (bicyclic) bond motifs is 1. The lowest BCUT2D eigenvalue weighted by atomic mass is 10.1. The molecule has 2 heteroatoms. The summed E-state index contributed by atoms with van der Waals surface area (Å²) in [6.07, 6.45) is 2.07. The Morgan fingerprint density at radius 2 is 1.67 bits per heavy atom. The van der Waals surface area contributed by atoms with Gasteiger partial charge in [-0.05, 0) is 23.3 Å². The summed E-state index contributed by atoms with van der Waals surface area (Å²) in [4.78, 5) is 2.32. The van der Waals surface area contributed by atoms with Gasteiger partial charge in [-0.3, -0.25) is 0 Å². The zero-order chi connectivity index (χ0) is 12.4. The molecule has 2 N–H and O–H groups in total. The molecule has 0 bridgehead atoms. The number of hydrogen-bond acceptors (Lipinski definition) is 2. The molecular weight excluding hydrogens is 220 g/mol. The number of rotatable bonds is 2. The van der Waals surface area contributed by atoms with Crippen LogP contribution in [0.15, 0.2) is 60.3 Å². The van der Waals surface area contributed by atoms with Crippen molar-refractivity contribution in [3.05, 3.63) is 71.4 Å². The van der Waals surface area contributed by atoms with Gasteiger partial charge in [-0.2, -0.15) is 0 Å². The molecule has 0 amide bonds. The molecule has 0 unspecified atom stereocenters. The highest BCUT2D eigenvalue weighted by Crippen LogP contribution is 2.28. The lowest BCUT2D eigenvalue weighted by molar-refractivity contribution is 0.831. The second kappa shape index (κ2) is 4.57. The zero-order valence-electron chi connectivity index (χ0n) is 10.2. The Labute approximate surface area is 107 Å². The number of nitrogens with zero attached hydrogens (tertiary/aromatic N) is 1. The molecule has 18 heavy (non-hydrogen) atoms. The van der Waals surface area contributed by atoms with Gasteiger partial charge in [0.25, 0.3) is 0 Å². The highest BCUT2D eigenvalue weighted by molar-refractivity contribution is 5.72. The first kappa shape index (κ1) is 10.9. The van der Waals surface area contributed by atoms with Crippen LogP contribution in [0.3, 0.4) is 0 Å². The summed E-state index contributed by atoms with van der Waals surface area (Å²) in [5.41, 5.74) is 10.7. The molecule has 2 aromatic carbocycles. The van der Waals surface area contributed by atoms with E-state index in [0.29, 0.717) is 0 Å². The fourth-order valence-corrected chi connectivity index (χ4v) is 2.39. The quantitative estimate of drug-likeness (QED) is 0.868. The summed E-state index contributed by atoms with van der Waals surface area (Å²) in [5, 5.41) is 0. The van der Waals surface area contributed by atoms with E-state index in [0.717, 1.165) is 18.8 Å². The average molecular weight is 236 g/mol. The van der Waals surface area contributed by atoms with Crippen LogP contribution in [0.5, 0.6) is 0 Å². The minimum Gasteiger partial charge on any atom is -0.401 e. The molecule has 0 saturated carbocycles. The third-order valence-electron chi connectivity index (χ3n) is 3.21. The van der Waals surface area contributed by atoms with Gasteiger partial charge in [0, 0.05) is 17.9 Å². The van der Waals surface area contributed by atoms with Gasteiger partial charge in [0.05, 0.1) is 6.54 Å². The molecule has 0 fully saturated rings. The van der Waals surface area contributed by atoms with Crippen molar-refractivity contribution in [2.24, 2.45) is 5.73 Å². The summed E-state index contributed by atoms with van der Waals surface area (Å²) in [6.45, 7) is 1.69. The zero-order valence-corrected chi connectivity index (χ0v) is 10.2. The van der Waals surface area contributed by atoms with Crippen LogP contribution in [0.2, 0.25) is 0 Å². The maximum Gasteiger partial charge on any atom is 0.0578 e. The average Bonchev–Trinajstić information content (AvgIpc) is 2.40. The molecule has 1 heterocycles. The standard InChI is InChI=1S/C16H16N2/c17-15-10-14-8-4-5-9-16(14)18(12-15)11-13-6-2-1-3-7-13/h1-10H,11-12,17H2. The molecule has 0 radical (unpaired) electrons. The van der Waals surface area contributed by atoms with Crippen molar-refractivity contribution in [3.8, 4) is 0 Å². The van der Waals surface area contributed by atoms with Crippen LogP contribution >= 0.6 is 0 Å². The Kier molecular flexibility index (Phi) is 2.77. The normalized spacial score (nSPS) is 14.0. The molecule has 0 atom stereocenters. The summed E-state index contributed by atoms with van der Waals surface area (Å²) in [5.74, 6) is 0. The first-order valence-electron chi connectivity index (χ1n) is 6.17. The molecule has 90 valence electrons. The van der Waals surface area contributed by atoms with E-state index in [9.17, 15) is 0 Å². The smallest absolute Gasteiger partial charge is 0.0578 e. The second-order valence-corrected chi connectivity index (χ2v) is 4.62. The summed E-state index contributed by atoms with van der Waals surface area (Å²) in [7, 11) is 0. The van der Waals surface area contributed by atoms with Gasteiger partial charge in [-0.25, -0.2) is 0 Å². The predicted octanol–water partition coefficient (Wildman–Crippen LogP) is 3.01. The lowest BCUT2D eigenvalue weighted by Gasteiger charge is -2.30. The molecule has 0 aromatic heterocycles.